The first-order valence-electron chi connectivity index (χ1n) is 9.78. The summed E-state index contributed by atoms with van der Waals surface area (Å²) in [4.78, 5) is 0. The SMILES string of the molecule is C=C(Cc1cc2c(cc1C)C(C)(C)CC=C2C(C)C)c1ccc(C)cc1. The largest absolute Gasteiger partial charge is 0.0949 e. The van der Waals surface area contributed by atoms with Gasteiger partial charge in [0, 0.05) is 0 Å². The monoisotopic (exact) mass is 344 g/mol. The maximum Gasteiger partial charge on any atom is -0.00229 e. The summed E-state index contributed by atoms with van der Waals surface area (Å²) in [7, 11) is 0. The van der Waals surface area contributed by atoms with Gasteiger partial charge in [0.05, 0.1) is 0 Å². The highest BCUT2D eigenvalue weighted by molar-refractivity contribution is 5.75. The van der Waals surface area contributed by atoms with Crippen molar-refractivity contribution in [2.24, 2.45) is 5.92 Å². The lowest BCUT2D eigenvalue weighted by Gasteiger charge is -2.34. The Bertz CT molecular complexity index is 858. The van der Waals surface area contributed by atoms with Gasteiger partial charge < -0.3 is 0 Å². The van der Waals surface area contributed by atoms with Crippen LogP contribution in [0, 0.1) is 19.8 Å². The van der Waals surface area contributed by atoms with Gasteiger partial charge in [-0.3, -0.25) is 0 Å². The molecule has 0 nitrogen and oxygen atoms in total. The Balaban J connectivity index is 2.00. The predicted molar refractivity (Wildman–Crippen MR) is 116 cm³/mol. The Morgan fingerprint density at radius 2 is 1.73 bits per heavy atom. The lowest BCUT2D eigenvalue weighted by Crippen LogP contribution is -2.23. The standard InChI is InChI=1S/C26H32/c1-17(2)23-12-13-26(6,7)25-15-20(5)22(16-24(23)25)14-19(4)21-10-8-18(3)9-11-21/h8-12,15-17H,4,13-14H2,1-3,5-7H3. The van der Waals surface area contributed by atoms with Crippen LogP contribution in [0.2, 0.25) is 0 Å². The van der Waals surface area contributed by atoms with Crippen molar-refractivity contribution >= 4 is 11.1 Å². The molecule has 1 aliphatic rings. The fourth-order valence-electron chi connectivity index (χ4n) is 3.99. The van der Waals surface area contributed by atoms with E-state index in [1.807, 2.05) is 0 Å². The summed E-state index contributed by atoms with van der Waals surface area (Å²) in [5, 5.41) is 0. The lowest BCUT2D eigenvalue weighted by atomic mass is 9.70. The van der Waals surface area contributed by atoms with E-state index in [4.69, 9.17) is 0 Å². The number of hydrogen-bond donors (Lipinski definition) is 0. The molecule has 0 spiro atoms. The van der Waals surface area contributed by atoms with Crippen molar-refractivity contribution in [2.75, 3.05) is 0 Å². The zero-order chi connectivity index (χ0) is 19.1. The number of rotatable bonds is 4. The first-order valence-corrected chi connectivity index (χ1v) is 9.78. The van der Waals surface area contributed by atoms with Crippen LogP contribution in [0.15, 0.2) is 49.1 Å². The molecule has 0 unspecified atom stereocenters. The maximum atomic E-state index is 4.37. The summed E-state index contributed by atoms with van der Waals surface area (Å²) in [6.07, 6.45) is 4.50. The highest BCUT2D eigenvalue weighted by Crippen LogP contribution is 2.42. The molecule has 0 aliphatic heterocycles. The Morgan fingerprint density at radius 1 is 1.08 bits per heavy atom. The molecule has 0 saturated heterocycles. The molecule has 0 N–H and O–H groups in total. The molecule has 3 rings (SSSR count). The van der Waals surface area contributed by atoms with E-state index in [0.29, 0.717) is 5.92 Å². The predicted octanol–water partition coefficient (Wildman–Crippen LogP) is 7.28. The Labute approximate surface area is 159 Å². The Hall–Kier alpha value is -2.08. The fourth-order valence-corrected chi connectivity index (χ4v) is 3.99. The average molecular weight is 345 g/mol. The van der Waals surface area contributed by atoms with Gasteiger partial charge in [0.15, 0.2) is 0 Å². The minimum absolute atomic E-state index is 0.213. The zero-order valence-corrected chi connectivity index (χ0v) is 17.2. The smallest absolute Gasteiger partial charge is 0.00229 e. The quantitative estimate of drug-likeness (QED) is 0.546. The van der Waals surface area contributed by atoms with Gasteiger partial charge in [0.1, 0.15) is 0 Å². The lowest BCUT2D eigenvalue weighted by molar-refractivity contribution is 0.523. The molecule has 0 atom stereocenters. The molecule has 0 bridgehead atoms. The van der Waals surface area contributed by atoms with Gasteiger partial charge in [0.2, 0.25) is 0 Å². The number of fused-ring (bicyclic) bond motifs is 1. The van der Waals surface area contributed by atoms with E-state index < -0.39 is 0 Å². The molecule has 0 amide bonds. The number of hydrogen-bond acceptors (Lipinski definition) is 0. The van der Waals surface area contributed by atoms with E-state index >= 15 is 0 Å². The molecular weight excluding hydrogens is 312 g/mol. The second-order valence-electron chi connectivity index (χ2n) is 8.87. The third-order valence-electron chi connectivity index (χ3n) is 5.83. The van der Waals surface area contributed by atoms with Crippen molar-refractivity contribution in [1.29, 1.82) is 0 Å². The molecule has 136 valence electrons. The van der Waals surface area contributed by atoms with Crippen molar-refractivity contribution in [3.05, 3.63) is 82.4 Å². The highest BCUT2D eigenvalue weighted by atomic mass is 14.3. The summed E-state index contributed by atoms with van der Waals surface area (Å²) in [5.41, 5.74) is 11.2. The minimum atomic E-state index is 0.213. The first-order chi connectivity index (χ1) is 12.2. The van der Waals surface area contributed by atoms with Crippen LogP contribution in [0.4, 0.5) is 0 Å². The van der Waals surface area contributed by atoms with Crippen molar-refractivity contribution in [2.45, 2.75) is 59.8 Å². The topological polar surface area (TPSA) is 0 Å². The van der Waals surface area contributed by atoms with Crippen molar-refractivity contribution in [3.8, 4) is 0 Å². The Kier molecular flexibility index (Phi) is 4.97. The number of allylic oxidation sites excluding steroid dienone is 3. The molecule has 2 aromatic carbocycles. The van der Waals surface area contributed by atoms with Crippen molar-refractivity contribution in [1.82, 2.24) is 0 Å². The minimum Gasteiger partial charge on any atom is -0.0949 e. The molecule has 2 aromatic rings. The maximum absolute atomic E-state index is 4.37. The molecule has 0 radical (unpaired) electrons. The van der Waals surface area contributed by atoms with E-state index in [-0.39, 0.29) is 5.41 Å². The third-order valence-corrected chi connectivity index (χ3v) is 5.83. The molecule has 0 heterocycles. The Morgan fingerprint density at radius 3 is 2.35 bits per heavy atom. The van der Waals surface area contributed by atoms with Crippen LogP contribution in [0.25, 0.3) is 11.1 Å². The van der Waals surface area contributed by atoms with Crippen LogP contribution in [-0.2, 0) is 11.8 Å². The summed E-state index contributed by atoms with van der Waals surface area (Å²) >= 11 is 0. The second-order valence-corrected chi connectivity index (χ2v) is 8.87. The first kappa shape index (κ1) is 18.7. The van der Waals surface area contributed by atoms with Crippen LogP contribution in [0.1, 0.15) is 67.5 Å². The summed E-state index contributed by atoms with van der Waals surface area (Å²) in [5.74, 6) is 0.556. The normalized spacial score (nSPS) is 15.6. The zero-order valence-electron chi connectivity index (χ0n) is 17.2. The van der Waals surface area contributed by atoms with Crippen LogP contribution < -0.4 is 0 Å². The summed E-state index contributed by atoms with van der Waals surface area (Å²) < 4.78 is 0. The average Bonchev–Trinajstić information content (AvgIpc) is 2.56. The molecule has 26 heavy (non-hydrogen) atoms. The van der Waals surface area contributed by atoms with E-state index in [1.54, 1.807) is 0 Å². The third kappa shape index (κ3) is 3.56. The summed E-state index contributed by atoms with van der Waals surface area (Å²) in [6, 6.07) is 13.6. The second kappa shape index (κ2) is 6.91. The van der Waals surface area contributed by atoms with E-state index in [0.717, 1.165) is 12.8 Å². The molecule has 0 saturated carbocycles. The van der Waals surface area contributed by atoms with Gasteiger partial charge in [-0.1, -0.05) is 82.3 Å². The number of benzene rings is 2. The van der Waals surface area contributed by atoms with E-state index in [2.05, 4.69) is 90.6 Å². The van der Waals surface area contributed by atoms with Crippen LogP contribution >= 0.6 is 0 Å². The molecule has 0 fully saturated rings. The number of aryl methyl sites for hydroxylation is 2. The molecule has 0 heteroatoms. The fraction of sp³-hybridized carbons (Fsp3) is 0.385. The van der Waals surface area contributed by atoms with Gasteiger partial charge in [-0.05, 0) is 77.0 Å². The highest BCUT2D eigenvalue weighted by Gasteiger charge is 2.29. The van der Waals surface area contributed by atoms with Gasteiger partial charge in [0.25, 0.3) is 0 Å². The van der Waals surface area contributed by atoms with Crippen molar-refractivity contribution < 1.29 is 0 Å². The van der Waals surface area contributed by atoms with Crippen LogP contribution in [-0.4, -0.2) is 0 Å². The van der Waals surface area contributed by atoms with E-state index in [9.17, 15) is 0 Å². The van der Waals surface area contributed by atoms with Crippen molar-refractivity contribution in [3.63, 3.8) is 0 Å². The molecule has 0 aromatic heterocycles. The van der Waals surface area contributed by atoms with E-state index in [1.165, 1.54) is 44.5 Å². The molecular formula is C26H32. The van der Waals surface area contributed by atoms with Gasteiger partial charge in [-0.25, -0.2) is 0 Å². The van der Waals surface area contributed by atoms with Crippen LogP contribution in [0.3, 0.4) is 0 Å². The van der Waals surface area contributed by atoms with Gasteiger partial charge in [-0.2, -0.15) is 0 Å². The summed E-state index contributed by atoms with van der Waals surface area (Å²) in [6.45, 7) is 18.1. The van der Waals surface area contributed by atoms with Gasteiger partial charge >= 0.3 is 0 Å². The van der Waals surface area contributed by atoms with Gasteiger partial charge in [-0.15, -0.1) is 0 Å². The van der Waals surface area contributed by atoms with Crippen LogP contribution in [0.5, 0.6) is 0 Å². The molecule has 1 aliphatic carbocycles.